The zero-order chi connectivity index (χ0) is 16.1. The van der Waals surface area contributed by atoms with Gasteiger partial charge in [-0.1, -0.05) is 23.5 Å². The summed E-state index contributed by atoms with van der Waals surface area (Å²) in [5.41, 5.74) is 0.915. The SMILES string of the molecule is COc1ccc(/C=C/C(=O)Nc2nnc(C3CCCO3)s2)cc1. The third-order valence-electron chi connectivity index (χ3n) is 3.42. The summed E-state index contributed by atoms with van der Waals surface area (Å²) in [5, 5.41) is 12.1. The van der Waals surface area contributed by atoms with Gasteiger partial charge in [0, 0.05) is 12.7 Å². The van der Waals surface area contributed by atoms with Crippen molar-refractivity contribution in [1.29, 1.82) is 0 Å². The number of benzene rings is 1. The molecular formula is C16H17N3O3S. The number of amides is 1. The zero-order valence-electron chi connectivity index (χ0n) is 12.7. The molecule has 1 N–H and O–H groups in total. The lowest BCUT2D eigenvalue weighted by molar-refractivity contribution is -0.111. The average Bonchev–Trinajstić information content (AvgIpc) is 3.24. The van der Waals surface area contributed by atoms with Crippen LogP contribution in [0.4, 0.5) is 5.13 Å². The maximum absolute atomic E-state index is 11.9. The second kappa shape index (κ2) is 7.34. The van der Waals surface area contributed by atoms with E-state index in [1.165, 1.54) is 17.4 Å². The molecule has 120 valence electrons. The summed E-state index contributed by atoms with van der Waals surface area (Å²) in [5.74, 6) is 0.540. The smallest absolute Gasteiger partial charge is 0.250 e. The Hall–Kier alpha value is -2.25. The molecule has 2 heterocycles. The fourth-order valence-electron chi connectivity index (χ4n) is 2.22. The number of rotatable bonds is 5. The van der Waals surface area contributed by atoms with E-state index in [0.717, 1.165) is 35.8 Å². The summed E-state index contributed by atoms with van der Waals surface area (Å²) in [7, 11) is 1.62. The van der Waals surface area contributed by atoms with Gasteiger partial charge in [0.05, 0.1) is 7.11 Å². The topological polar surface area (TPSA) is 73.3 Å². The van der Waals surface area contributed by atoms with Crippen molar-refractivity contribution < 1.29 is 14.3 Å². The molecule has 0 aliphatic carbocycles. The van der Waals surface area contributed by atoms with Crippen LogP contribution in [0.15, 0.2) is 30.3 Å². The van der Waals surface area contributed by atoms with Crippen LogP contribution < -0.4 is 10.1 Å². The summed E-state index contributed by atoms with van der Waals surface area (Å²) in [6, 6.07) is 7.44. The number of aromatic nitrogens is 2. The number of hydrogen-bond acceptors (Lipinski definition) is 6. The van der Waals surface area contributed by atoms with E-state index in [2.05, 4.69) is 15.5 Å². The fraction of sp³-hybridized carbons (Fsp3) is 0.312. The van der Waals surface area contributed by atoms with Crippen molar-refractivity contribution in [3.63, 3.8) is 0 Å². The first kappa shape index (κ1) is 15.6. The molecule has 1 saturated heterocycles. The highest BCUT2D eigenvalue weighted by atomic mass is 32.1. The molecule has 1 aliphatic rings. The number of ether oxygens (including phenoxy) is 2. The van der Waals surface area contributed by atoms with Gasteiger partial charge in [0.1, 0.15) is 16.9 Å². The number of anilines is 1. The first-order valence-corrected chi connectivity index (χ1v) is 8.14. The number of carbonyl (C=O) groups excluding carboxylic acids is 1. The summed E-state index contributed by atoms with van der Waals surface area (Å²) in [4.78, 5) is 11.9. The number of nitrogens with one attached hydrogen (secondary N) is 1. The van der Waals surface area contributed by atoms with Crippen molar-refractivity contribution in [1.82, 2.24) is 10.2 Å². The maximum Gasteiger partial charge on any atom is 0.250 e. The van der Waals surface area contributed by atoms with Crippen molar-refractivity contribution >= 4 is 28.5 Å². The first-order chi connectivity index (χ1) is 11.2. The molecule has 23 heavy (non-hydrogen) atoms. The second-order valence-electron chi connectivity index (χ2n) is 5.04. The molecule has 1 amide bonds. The van der Waals surface area contributed by atoms with Gasteiger partial charge in [-0.15, -0.1) is 10.2 Å². The molecule has 1 aromatic heterocycles. The zero-order valence-corrected chi connectivity index (χ0v) is 13.5. The predicted octanol–water partition coefficient (Wildman–Crippen LogP) is 3.05. The lowest BCUT2D eigenvalue weighted by atomic mass is 10.2. The van der Waals surface area contributed by atoms with Crippen LogP contribution in [-0.4, -0.2) is 29.8 Å². The summed E-state index contributed by atoms with van der Waals surface area (Å²) in [6.07, 6.45) is 5.22. The lowest BCUT2D eigenvalue weighted by Gasteiger charge is -2.02. The third-order valence-corrected chi connectivity index (χ3v) is 4.35. The van der Waals surface area contributed by atoms with E-state index >= 15 is 0 Å². The van der Waals surface area contributed by atoms with Gasteiger partial charge in [-0.25, -0.2) is 0 Å². The Bertz CT molecular complexity index is 691. The molecule has 3 rings (SSSR count). The molecule has 0 radical (unpaired) electrons. The van der Waals surface area contributed by atoms with E-state index < -0.39 is 0 Å². The molecule has 0 spiro atoms. The molecule has 0 bridgehead atoms. The van der Waals surface area contributed by atoms with E-state index in [1.807, 2.05) is 24.3 Å². The molecule has 2 aromatic rings. The minimum absolute atomic E-state index is 0.0213. The fourth-order valence-corrected chi connectivity index (χ4v) is 3.05. The Morgan fingerprint density at radius 1 is 1.39 bits per heavy atom. The van der Waals surface area contributed by atoms with Crippen molar-refractivity contribution in [3.05, 3.63) is 40.9 Å². The highest BCUT2D eigenvalue weighted by Crippen LogP contribution is 2.31. The van der Waals surface area contributed by atoms with Crippen LogP contribution >= 0.6 is 11.3 Å². The van der Waals surface area contributed by atoms with E-state index in [0.29, 0.717) is 5.13 Å². The largest absolute Gasteiger partial charge is 0.497 e. The molecule has 1 fully saturated rings. The second-order valence-corrected chi connectivity index (χ2v) is 6.05. The molecule has 7 heteroatoms. The van der Waals surface area contributed by atoms with Gasteiger partial charge in [0.2, 0.25) is 11.0 Å². The Kier molecular flexibility index (Phi) is 4.99. The van der Waals surface area contributed by atoms with Gasteiger partial charge < -0.3 is 9.47 Å². The first-order valence-electron chi connectivity index (χ1n) is 7.33. The Labute approximate surface area is 138 Å². The van der Waals surface area contributed by atoms with Crippen LogP contribution in [0.3, 0.4) is 0 Å². The predicted molar refractivity (Wildman–Crippen MR) is 88.5 cm³/mol. The normalized spacial score (nSPS) is 17.5. The van der Waals surface area contributed by atoms with Gasteiger partial charge in [0.15, 0.2) is 0 Å². The average molecular weight is 331 g/mol. The minimum Gasteiger partial charge on any atom is -0.497 e. The molecule has 0 saturated carbocycles. The van der Waals surface area contributed by atoms with Crippen LogP contribution in [0, 0.1) is 0 Å². The Balaban J connectivity index is 1.57. The molecule has 6 nitrogen and oxygen atoms in total. The summed E-state index contributed by atoms with van der Waals surface area (Å²) in [6.45, 7) is 0.760. The minimum atomic E-state index is -0.240. The Morgan fingerprint density at radius 2 is 2.22 bits per heavy atom. The number of methoxy groups -OCH3 is 1. The highest BCUT2D eigenvalue weighted by molar-refractivity contribution is 7.15. The number of nitrogens with zero attached hydrogens (tertiary/aromatic N) is 2. The molecular weight excluding hydrogens is 314 g/mol. The molecule has 1 aromatic carbocycles. The number of carbonyl (C=O) groups is 1. The maximum atomic E-state index is 11.9. The van der Waals surface area contributed by atoms with Gasteiger partial charge in [0.25, 0.3) is 0 Å². The summed E-state index contributed by atoms with van der Waals surface area (Å²) >= 11 is 1.36. The van der Waals surface area contributed by atoms with Crippen molar-refractivity contribution in [3.8, 4) is 5.75 Å². The van der Waals surface area contributed by atoms with Crippen LogP contribution in [0.1, 0.15) is 29.5 Å². The van der Waals surface area contributed by atoms with Gasteiger partial charge >= 0.3 is 0 Å². The molecule has 1 unspecified atom stereocenters. The standard InChI is InChI=1S/C16H17N3O3S/c1-21-12-7-4-11(5-8-12)6-9-14(20)17-16-19-18-15(23-16)13-3-2-10-22-13/h4-9,13H,2-3,10H2,1H3,(H,17,19,20)/b9-6+. The van der Waals surface area contributed by atoms with E-state index in [-0.39, 0.29) is 12.0 Å². The van der Waals surface area contributed by atoms with E-state index in [1.54, 1.807) is 13.2 Å². The summed E-state index contributed by atoms with van der Waals surface area (Å²) < 4.78 is 10.6. The van der Waals surface area contributed by atoms with E-state index in [4.69, 9.17) is 9.47 Å². The van der Waals surface area contributed by atoms with Crippen LogP contribution in [0.25, 0.3) is 6.08 Å². The third kappa shape index (κ3) is 4.14. The van der Waals surface area contributed by atoms with Crippen LogP contribution in [0.2, 0.25) is 0 Å². The van der Waals surface area contributed by atoms with Crippen molar-refractivity contribution in [2.24, 2.45) is 0 Å². The molecule has 1 aliphatic heterocycles. The van der Waals surface area contributed by atoms with Crippen molar-refractivity contribution in [2.75, 3.05) is 19.0 Å². The van der Waals surface area contributed by atoms with Gasteiger partial charge in [-0.2, -0.15) is 0 Å². The van der Waals surface area contributed by atoms with Crippen LogP contribution in [-0.2, 0) is 9.53 Å². The van der Waals surface area contributed by atoms with Crippen molar-refractivity contribution in [2.45, 2.75) is 18.9 Å². The number of hydrogen-bond donors (Lipinski definition) is 1. The van der Waals surface area contributed by atoms with E-state index in [9.17, 15) is 4.79 Å². The van der Waals surface area contributed by atoms with Gasteiger partial charge in [-0.05, 0) is 36.6 Å². The lowest BCUT2D eigenvalue weighted by Crippen LogP contribution is -2.07. The molecule has 1 atom stereocenters. The Morgan fingerprint density at radius 3 is 2.91 bits per heavy atom. The highest BCUT2D eigenvalue weighted by Gasteiger charge is 2.22. The quantitative estimate of drug-likeness (QED) is 0.853. The van der Waals surface area contributed by atoms with Gasteiger partial charge in [-0.3, -0.25) is 10.1 Å². The van der Waals surface area contributed by atoms with Crippen LogP contribution in [0.5, 0.6) is 5.75 Å². The monoisotopic (exact) mass is 331 g/mol.